The first kappa shape index (κ1) is 13.5. The molecule has 0 radical (unpaired) electrons. The zero-order chi connectivity index (χ0) is 13.2. The quantitative estimate of drug-likeness (QED) is 0.822. The molecule has 0 saturated carbocycles. The predicted octanol–water partition coefficient (Wildman–Crippen LogP) is 0.603. The van der Waals surface area contributed by atoms with Crippen LogP contribution in [-0.2, 0) is 27.8 Å². The minimum atomic E-state index is -3.46. The Morgan fingerprint density at radius 1 is 1.39 bits per heavy atom. The minimum Gasteiger partial charge on any atom is -0.383 e. The lowest BCUT2D eigenvalue weighted by molar-refractivity contribution is 0.180. The molecule has 18 heavy (non-hydrogen) atoms. The molecule has 1 heterocycles. The Morgan fingerprint density at radius 2 is 2.11 bits per heavy atom. The van der Waals surface area contributed by atoms with Crippen molar-refractivity contribution in [1.82, 2.24) is 10.0 Å². The third-order valence-electron chi connectivity index (χ3n) is 2.89. The molecule has 2 N–H and O–H groups in total. The van der Waals surface area contributed by atoms with E-state index in [9.17, 15) is 8.42 Å². The van der Waals surface area contributed by atoms with E-state index in [-0.39, 0.29) is 6.04 Å². The maximum atomic E-state index is 12.1. The van der Waals surface area contributed by atoms with Crippen molar-refractivity contribution in [3.05, 3.63) is 29.3 Å². The van der Waals surface area contributed by atoms with Gasteiger partial charge in [-0.1, -0.05) is 6.07 Å². The summed E-state index contributed by atoms with van der Waals surface area (Å²) in [6.07, 6.45) is 0. The number of rotatable bonds is 5. The maximum absolute atomic E-state index is 12.1. The van der Waals surface area contributed by atoms with Crippen LogP contribution in [0.5, 0.6) is 0 Å². The standard InChI is InChI=1S/C12H18N2O3S/c1-9(8-17-2)14-18(15,16)12-4-3-10-6-13-7-11(10)5-12/h3-5,9,13-14H,6-8H2,1-2H3. The number of methoxy groups -OCH3 is 1. The number of ether oxygens (including phenoxy) is 1. The molecule has 0 saturated heterocycles. The summed E-state index contributed by atoms with van der Waals surface area (Å²) in [6, 6.07) is 5.00. The molecule has 2 rings (SSSR count). The van der Waals surface area contributed by atoms with Gasteiger partial charge in [0.15, 0.2) is 0 Å². The third kappa shape index (κ3) is 2.89. The first-order chi connectivity index (χ1) is 8.53. The topological polar surface area (TPSA) is 67.4 Å². The average Bonchev–Trinajstić information content (AvgIpc) is 2.75. The van der Waals surface area contributed by atoms with Gasteiger partial charge >= 0.3 is 0 Å². The van der Waals surface area contributed by atoms with Gasteiger partial charge in [0.25, 0.3) is 0 Å². The fraction of sp³-hybridized carbons (Fsp3) is 0.500. The van der Waals surface area contributed by atoms with Gasteiger partial charge in [-0.3, -0.25) is 0 Å². The SMILES string of the molecule is COCC(C)NS(=O)(=O)c1ccc2c(c1)CNC2. The Bertz CT molecular complexity index is 528. The Morgan fingerprint density at radius 3 is 2.83 bits per heavy atom. The summed E-state index contributed by atoms with van der Waals surface area (Å²) in [5, 5.41) is 3.19. The summed E-state index contributed by atoms with van der Waals surface area (Å²) < 4.78 is 31.8. The lowest BCUT2D eigenvalue weighted by Crippen LogP contribution is -2.35. The fourth-order valence-electron chi connectivity index (χ4n) is 2.06. The van der Waals surface area contributed by atoms with Crippen molar-refractivity contribution < 1.29 is 13.2 Å². The number of nitrogens with one attached hydrogen (secondary N) is 2. The summed E-state index contributed by atoms with van der Waals surface area (Å²) in [6.45, 7) is 3.66. The van der Waals surface area contributed by atoms with E-state index in [1.807, 2.05) is 6.07 Å². The molecule has 1 unspecified atom stereocenters. The average molecular weight is 270 g/mol. The Balaban J connectivity index is 2.19. The molecule has 100 valence electrons. The lowest BCUT2D eigenvalue weighted by atomic mass is 10.1. The highest BCUT2D eigenvalue weighted by atomic mass is 32.2. The Hall–Kier alpha value is -0.950. The Labute approximate surface area is 108 Å². The van der Waals surface area contributed by atoms with Gasteiger partial charge in [-0.15, -0.1) is 0 Å². The first-order valence-electron chi connectivity index (χ1n) is 5.87. The third-order valence-corrected chi connectivity index (χ3v) is 4.48. The number of hydrogen-bond donors (Lipinski definition) is 2. The molecule has 1 aromatic rings. The molecular weight excluding hydrogens is 252 g/mol. The van der Waals surface area contributed by atoms with Crippen LogP contribution >= 0.6 is 0 Å². The summed E-state index contributed by atoms with van der Waals surface area (Å²) in [7, 11) is -1.91. The van der Waals surface area contributed by atoms with Crippen molar-refractivity contribution in [3.63, 3.8) is 0 Å². The first-order valence-corrected chi connectivity index (χ1v) is 7.35. The summed E-state index contributed by atoms with van der Waals surface area (Å²) >= 11 is 0. The molecule has 1 aromatic carbocycles. The minimum absolute atomic E-state index is 0.244. The molecular formula is C12H18N2O3S. The molecule has 0 fully saturated rings. The largest absolute Gasteiger partial charge is 0.383 e. The van der Waals surface area contributed by atoms with Crippen molar-refractivity contribution in [2.45, 2.75) is 31.0 Å². The second kappa shape index (κ2) is 5.36. The van der Waals surface area contributed by atoms with E-state index in [1.54, 1.807) is 26.2 Å². The number of fused-ring (bicyclic) bond motifs is 1. The molecule has 0 amide bonds. The Kier molecular flexibility index (Phi) is 4.01. The van der Waals surface area contributed by atoms with Crippen LogP contribution in [0.3, 0.4) is 0 Å². The van der Waals surface area contributed by atoms with Crippen molar-refractivity contribution in [2.24, 2.45) is 0 Å². The molecule has 1 aliphatic heterocycles. The van der Waals surface area contributed by atoms with Crippen LogP contribution in [0.1, 0.15) is 18.1 Å². The van der Waals surface area contributed by atoms with E-state index < -0.39 is 10.0 Å². The van der Waals surface area contributed by atoms with Gasteiger partial charge in [-0.25, -0.2) is 13.1 Å². The summed E-state index contributed by atoms with van der Waals surface area (Å²) in [5.41, 5.74) is 2.22. The molecule has 0 spiro atoms. The normalized spacial score (nSPS) is 16.6. The molecule has 0 bridgehead atoms. The van der Waals surface area contributed by atoms with Gasteiger partial charge in [0.1, 0.15) is 0 Å². The smallest absolute Gasteiger partial charge is 0.240 e. The molecule has 1 aliphatic rings. The summed E-state index contributed by atoms with van der Waals surface area (Å²) in [4.78, 5) is 0.313. The molecule has 1 atom stereocenters. The van der Waals surface area contributed by atoms with Crippen LogP contribution in [0.25, 0.3) is 0 Å². The number of sulfonamides is 1. The second-order valence-electron chi connectivity index (χ2n) is 4.51. The molecule has 5 nitrogen and oxygen atoms in total. The highest BCUT2D eigenvalue weighted by molar-refractivity contribution is 7.89. The van der Waals surface area contributed by atoms with Crippen molar-refractivity contribution in [3.8, 4) is 0 Å². The molecule has 0 aliphatic carbocycles. The van der Waals surface area contributed by atoms with Crippen LogP contribution < -0.4 is 10.0 Å². The van der Waals surface area contributed by atoms with Gasteiger partial charge in [0.05, 0.1) is 11.5 Å². The fourth-order valence-corrected chi connectivity index (χ4v) is 3.33. The monoisotopic (exact) mass is 270 g/mol. The van der Waals surface area contributed by atoms with Crippen LogP contribution in [0.15, 0.2) is 23.1 Å². The predicted molar refractivity (Wildman–Crippen MR) is 68.6 cm³/mol. The van der Waals surface area contributed by atoms with Gasteiger partial charge < -0.3 is 10.1 Å². The van der Waals surface area contributed by atoms with E-state index in [2.05, 4.69) is 10.0 Å². The van der Waals surface area contributed by atoms with Crippen molar-refractivity contribution >= 4 is 10.0 Å². The van der Waals surface area contributed by atoms with E-state index in [0.29, 0.717) is 11.5 Å². The van der Waals surface area contributed by atoms with Gasteiger partial charge in [0, 0.05) is 26.2 Å². The van der Waals surface area contributed by atoms with E-state index in [4.69, 9.17) is 4.74 Å². The van der Waals surface area contributed by atoms with Gasteiger partial charge in [-0.05, 0) is 30.2 Å². The van der Waals surface area contributed by atoms with Crippen LogP contribution in [0.2, 0.25) is 0 Å². The van der Waals surface area contributed by atoms with E-state index in [0.717, 1.165) is 18.7 Å². The summed E-state index contributed by atoms with van der Waals surface area (Å²) in [5.74, 6) is 0. The zero-order valence-corrected chi connectivity index (χ0v) is 11.4. The molecule has 0 aromatic heterocycles. The molecule has 6 heteroatoms. The van der Waals surface area contributed by atoms with Crippen molar-refractivity contribution in [2.75, 3.05) is 13.7 Å². The van der Waals surface area contributed by atoms with Gasteiger partial charge in [0.2, 0.25) is 10.0 Å². The second-order valence-corrected chi connectivity index (χ2v) is 6.23. The van der Waals surface area contributed by atoms with Crippen LogP contribution in [0, 0.1) is 0 Å². The van der Waals surface area contributed by atoms with Gasteiger partial charge in [-0.2, -0.15) is 0 Å². The maximum Gasteiger partial charge on any atom is 0.240 e. The van der Waals surface area contributed by atoms with E-state index in [1.165, 1.54) is 5.56 Å². The lowest BCUT2D eigenvalue weighted by Gasteiger charge is -2.13. The number of benzene rings is 1. The van der Waals surface area contributed by atoms with Crippen LogP contribution in [0.4, 0.5) is 0 Å². The highest BCUT2D eigenvalue weighted by Gasteiger charge is 2.20. The van der Waals surface area contributed by atoms with Crippen molar-refractivity contribution in [1.29, 1.82) is 0 Å². The highest BCUT2D eigenvalue weighted by Crippen LogP contribution is 2.20. The van der Waals surface area contributed by atoms with Crippen LogP contribution in [-0.4, -0.2) is 28.2 Å². The zero-order valence-electron chi connectivity index (χ0n) is 10.6. The van der Waals surface area contributed by atoms with E-state index >= 15 is 0 Å². The number of hydrogen-bond acceptors (Lipinski definition) is 4.